The fourth-order valence-corrected chi connectivity index (χ4v) is 1.79. The molecule has 2 rings (SSSR count). The van der Waals surface area contributed by atoms with Crippen molar-refractivity contribution in [3.8, 4) is 0 Å². The van der Waals surface area contributed by atoms with Gasteiger partial charge in [-0.3, -0.25) is 4.79 Å². The Balaban J connectivity index is 1.88. The minimum Gasteiger partial charge on any atom is -0.469 e. The third kappa shape index (κ3) is 2.43. The molecule has 5 heteroatoms. The van der Waals surface area contributed by atoms with Crippen LogP contribution in [0.1, 0.15) is 22.5 Å². The van der Waals surface area contributed by atoms with Crippen molar-refractivity contribution >= 4 is 5.91 Å². The highest BCUT2D eigenvalue weighted by Crippen LogP contribution is 2.13. The zero-order chi connectivity index (χ0) is 11.6. The van der Waals surface area contributed by atoms with Crippen LogP contribution in [0.3, 0.4) is 0 Å². The summed E-state index contributed by atoms with van der Waals surface area (Å²) in [4.78, 5) is 11.7. The van der Waals surface area contributed by atoms with Crippen molar-refractivity contribution in [1.29, 1.82) is 0 Å². The van der Waals surface area contributed by atoms with Crippen molar-refractivity contribution in [2.45, 2.75) is 18.9 Å². The molecule has 1 fully saturated rings. The average Bonchev–Trinajstić information content (AvgIpc) is 2.85. The van der Waals surface area contributed by atoms with Crippen LogP contribution >= 0.6 is 0 Å². The molecule has 1 saturated heterocycles. The van der Waals surface area contributed by atoms with E-state index in [9.17, 15) is 9.90 Å². The average molecular weight is 224 g/mol. The molecule has 2 heterocycles. The van der Waals surface area contributed by atoms with Crippen LogP contribution in [0.25, 0.3) is 0 Å². The molecule has 0 aliphatic carbocycles. The van der Waals surface area contributed by atoms with E-state index in [0.29, 0.717) is 24.3 Å². The molecule has 1 aromatic heterocycles. The van der Waals surface area contributed by atoms with E-state index in [1.165, 1.54) is 6.26 Å². The molecule has 1 aromatic rings. The zero-order valence-corrected chi connectivity index (χ0v) is 9.25. The lowest BCUT2D eigenvalue weighted by atomic mass is 10.0. The van der Waals surface area contributed by atoms with E-state index in [1.807, 2.05) is 0 Å². The number of carbonyl (C=O) groups excluding carboxylic acids is 1. The normalized spacial score (nSPS) is 24.6. The summed E-state index contributed by atoms with van der Waals surface area (Å²) in [6, 6.07) is 1.67. The second-order valence-electron chi connectivity index (χ2n) is 4.28. The summed E-state index contributed by atoms with van der Waals surface area (Å²) in [7, 11) is 0. The highest BCUT2D eigenvalue weighted by atomic mass is 16.3. The number of hydrogen-bond donors (Lipinski definition) is 3. The number of carbonyl (C=O) groups is 1. The van der Waals surface area contributed by atoms with Crippen LogP contribution in [0, 0.1) is 6.92 Å². The zero-order valence-electron chi connectivity index (χ0n) is 9.25. The van der Waals surface area contributed by atoms with Gasteiger partial charge in [0.25, 0.3) is 5.91 Å². The quantitative estimate of drug-likeness (QED) is 0.678. The summed E-state index contributed by atoms with van der Waals surface area (Å²) in [6.45, 7) is 3.36. The molecule has 1 unspecified atom stereocenters. The van der Waals surface area contributed by atoms with Crippen LogP contribution in [0.5, 0.6) is 0 Å². The number of nitrogens with one attached hydrogen (secondary N) is 2. The lowest BCUT2D eigenvalue weighted by Crippen LogP contribution is -2.44. The molecule has 5 nitrogen and oxygen atoms in total. The molecule has 1 amide bonds. The molecular weight excluding hydrogens is 208 g/mol. The summed E-state index contributed by atoms with van der Waals surface area (Å²) >= 11 is 0. The molecule has 1 atom stereocenters. The summed E-state index contributed by atoms with van der Waals surface area (Å²) in [5, 5.41) is 15.8. The smallest absolute Gasteiger partial charge is 0.254 e. The first-order valence-corrected chi connectivity index (χ1v) is 5.35. The van der Waals surface area contributed by atoms with Crippen LogP contribution in [0.4, 0.5) is 0 Å². The van der Waals surface area contributed by atoms with E-state index in [2.05, 4.69) is 10.6 Å². The molecule has 0 aromatic carbocycles. The van der Waals surface area contributed by atoms with Crippen molar-refractivity contribution in [2.75, 3.05) is 19.6 Å². The molecule has 16 heavy (non-hydrogen) atoms. The Hall–Kier alpha value is -1.33. The Kier molecular flexibility index (Phi) is 2.98. The number of rotatable bonds is 3. The first-order valence-electron chi connectivity index (χ1n) is 5.35. The first kappa shape index (κ1) is 11.2. The van der Waals surface area contributed by atoms with Gasteiger partial charge in [-0.05, 0) is 26.0 Å². The first-order chi connectivity index (χ1) is 7.59. The van der Waals surface area contributed by atoms with E-state index >= 15 is 0 Å². The number of furan rings is 1. The maximum absolute atomic E-state index is 11.7. The molecule has 1 aliphatic rings. The van der Waals surface area contributed by atoms with Gasteiger partial charge in [0.15, 0.2) is 0 Å². The highest BCUT2D eigenvalue weighted by Gasteiger charge is 2.31. The van der Waals surface area contributed by atoms with Gasteiger partial charge in [-0.1, -0.05) is 0 Å². The molecule has 0 radical (unpaired) electrons. The topological polar surface area (TPSA) is 74.5 Å². The second-order valence-corrected chi connectivity index (χ2v) is 4.28. The minimum absolute atomic E-state index is 0.211. The van der Waals surface area contributed by atoms with Gasteiger partial charge in [0, 0.05) is 13.1 Å². The van der Waals surface area contributed by atoms with Gasteiger partial charge in [0.2, 0.25) is 0 Å². The summed E-state index contributed by atoms with van der Waals surface area (Å²) in [5.74, 6) is 0.489. The SMILES string of the molecule is Cc1cc(C(=O)NCC2(O)CCNC2)co1. The monoisotopic (exact) mass is 224 g/mol. The van der Waals surface area contributed by atoms with Crippen molar-refractivity contribution in [2.24, 2.45) is 0 Å². The number of hydrogen-bond acceptors (Lipinski definition) is 4. The number of aliphatic hydroxyl groups is 1. The number of β-amino-alcohol motifs (C(OH)–C–C–N with tert-alkyl or cyclic N) is 1. The largest absolute Gasteiger partial charge is 0.469 e. The highest BCUT2D eigenvalue weighted by molar-refractivity contribution is 5.93. The Morgan fingerprint density at radius 2 is 2.56 bits per heavy atom. The van der Waals surface area contributed by atoms with Gasteiger partial charge < -0.3 is 20.2 Å². The van der Waals surface area contributed by atoms with Crippen molar-refractivity contribution in [3.63, 3.8) is 0 Å². The van der Waals surface area contributed by atoms with Crippen molar-refractivity contribution < 1.29 is 14.3 Å². The third-order valence-electron chi connectivity index (χ3n) is 2.79. The summed E-state index contributed by atoms with van der Waals surface area (Å²) in [5.41, 5.74) is -0.318. The van der Waals surface area contributed by atoms with Gasteiger partial charge >= 0.3 is 0 Å². The van der Waals surface area contributed by atoms with Crippen molar-refractivity contribution in [1.82, 2.24) is 10.6 Å². The van der Waals surface area contributed by atoms with E-state index < -0.39 is 5.60 Å². The fourth-order valence-electron chi connectivity index (χ4n) is 1.79. The Morgan fingerprint density at radius 1 is 1.75 bits per heavy atom. The van der Waals surface area contributed by atoms with Crippen LogP contribution in [-0.2, 0) is 0 Å². The van der Waals surface area contributed by atoms with E-state index in [1.54, 1.807) is 13.0 Å². The molecule has 0 spiro atoms. The molecule has 0 bridgehead atoms. The molecule has 3 N–H and O–H groups in total. The maximum Gasteiger partial charge on any atom is 0.254 e. The van der Waals surface area contributed by atoms with E-state index in [0.717, 1.165) is 6.54 Å². The Bertz CT molecular complexity index is 380. The Labute approximate surface area is 93.8 Å². The van der Waals surface area contributed by atoms with Crippen LogP contribution in [-0.4, -0.2) is 36.2 Å². The van der Waals surface area contributed by atoms with Crippen molar-refractivity contribution in [3.05, 3.63) is 23.7 Å². The predicted octanol–water partition coefficient (Wildman–Crippen LogP) is 0.0422. The molecule has 88 valence electrons. The fraction of sp³-hybridized carbons (Fsp3) is 0.545. The maximum atomic E-state index is 11.7. The summed E-state index contributed by atoms with van der Waals surface area (Å²) in [6.07, 6.45) is 2.08. The predicted molar refractivity (Wildman–Crippen MR) is 58.2 cm³/mol. The van der Waals surface area contributed by atoms with Gasteiger partial charge in [-0.2, -0.15) is 0 Å². The summed E-state index contributed by atoms with van der Waals surface area (Å²) < 4.78 is 5.05. The molecule has 1 aliphatic heterocycles. The minimum atomic E-state index is -0.811. The number of amides is 1. The number of aryl methyl sites for hydroxylation is 1. The molecule has 0 saturated carbocycles. The van der Waals surface area contributed by atoms with Gasteiger partial charge in [-0.25, -0.2) is 0 Å². The van der Waals surface area contributed by atoms with Gasteiger partial charge in [0.05, 0.1) is 11.2 Å². The van der Waals surface area contributed by atoms with Gasteiger partial charge in [0.1, 0.15) is 12.0 Å². The second kappa shape index (κ2) is 4.27. The van der Waals surface area contributed by atoms with Gasteiger partial charge in [-0.15, -0.1) is 0 Å². The van der Waals surface area contributed by atoms with E-state index in [-0.39, 0.29) is 12.5 Å². The standard InChI is InChI=1S/C11H16N2O3/c1-8-4-9(5-16-8)10(14)13-7-11(15)2-3-12-6-11/h4-5,12,15H,2-3,6-7H2,1H3,(H,13,14). The third-order valence-corrected chi connectivity index (χ3v) is 2.79. The van der Waals surface area contributed by atoms with Crippen LogP contribution in [0.2, 0.25) is 0 Å². The van der Waals surface area contributed by atoms with Crippen LogP contribution in [0.15, 0.2) is 16.7 Å². The lowest BCUT2D eigenvalue weighted by Gasteiger charge is -2.21. The Morgan fingerprint density at radius 3 is 3.12 bits per heavy atom. The molecular formula is C11H16N2O3. The lowest BCUT2D eigenvalue weighted by molar-refractivity contribution is 0.0561. The van der Waals surface area contributed by atoms with E-state index in [4.69, 9.17) is 4.42 Å². The van der Waals surface area contributed by atoms with Crippen LogP contribution < -0.4 is 10.6 Å².